The van der Waals surface area contributed by atoms with Gasteiger partial charge in [0, 0.05) is 6.08 Å². The molecule has 0 aliphatic rings. The van der Waals surface area contributed by atoms with Gasteiger partial charge in [0.1, 0.15) is 6.04 Å². The van der Waals surface area contributed by atoms with Gasteiger partial charge in [0.05, 0.1) is 11.6 Å². The number of carbonyl (C=O) groups excluding carboxylic acids is 1. The molecule has 0 aromatic heterocycles. The SMILES string of the molecule is CCC(NC(=O)/C=C/c1cccc(C#N)c1)C(=O)O. The first-order valence-corrected chi connectivity index (χ1v) is 5.78. The highest BCUT2D eigenvalue weighted by molar-refractivity contribution is 5.94. The van der Waals surface area contributed by atoms with E-state index in [-0.39, 0.29) is 0 Å². The average Bonchev–Trinajstić information content (AvgIpc) is 2.42. The summed E-state index contributed by atoms with van der Waals surface area (Å²) in [6.07, 6.45) is 3.10. The maximum Gasteiger partial charge on any atom is 0.326 e. The fourth-order valence-corrected chi connectivity index (χ4v) is 1.44. The molecule has 0 aliphatic carbocycles. The van der Waals surface area contributed by atoms with E-state index in [4.69, 9.17) is 10.4 Å². The number of benzene rings is 1. The molecule has 1 aromatic rings. The minimum atomic E-state index is -1.06. The van der Waals surface area contributed by atoms with Crippen molar-refractivity contribution in [3.05, 3.63) is 41.5 Å². The number of hydrogen-bond donors (Lipinski definition) is 2. The van der Waals surface area contributed by atoms with Crippen molar-refractivity contribution in [2.75, 3.05) is 0 Å². The van der Waals surface area contributed by atoms with Gasteiger partial charge in [0.25, 0.3) is 0 Å². The van der Waals surface area contributed by atoms with E-state index in [9.17, 15) is 9.59 Å². The fourth-order valence-electron chi connectivity index (χ4n) is 1.44. The lowest BCUT2D eigenvalue weighted by Gasteiger charge is -2.09. The van der Waals surface area contributed by atoms with Crippen molar-refractivity contribution in [3.63, 3.8) is 0 Å². The molecule has 2 N–H and O–H groups in total. The number of nitriles is 1. The van der Waals surface area contributed by atoms with E-state index in [1.165, 1.54) is 12.2 Å². The van der Waals surface area contributed by atoms with E-state index in [0.717, 1.165) is 0 Å². The Morgan fingerprint density at radius 2 is 2.26 bits per heavy atom. The first-order valence-electron chi connectivity index (χ1n) is 5.78. The van der Waals surface area contributed by atoms with Crippen molar-refractivity contribution in [2.45, 2.75) is 19.4 Å². The molecule has 0 spiro atoms. The molecule has 0 aliphatic heterocycles. The van der Waals surface area contributed by atoms with Crippen LogP contribution in [0.2, 0.25) is 0 Å². The number of carbonyl (C=O) groups is 2. The van der Waals surface area contributed by atoms with Crippen molar-refractivity contribution in [1.82, 2.24) is 5.32 Å². The van der Waals surface area contributed by atoms with Crippen LogP contribution in [0.3, 0.4) is 0 Å². The van der Waals surface area contributed by atoms with E-state index in [2.05, 4.69) is 5.32 Å². The normalized spacial score (nSPS) is 11.8. The van der Waals surface area contributed by atoms with E-state index in [0.29, 0.717) is 17.5 Å². The minimum Gasteiger partial charge on any atom is -0.480 e. The third kappa shape index (κ3) is 4.64. The summed E-state index contributed by atoms with van der Waals surface area (Å²) in [5, 5.41) is 19.9. The molecule has 0 heterocycles. The van der Waals surface area contributed by atoms with E-state index in [1.807, 2.05) is 6.07 Å². The summed E-state index contributed by atoms with van der Waals surface area (Å²) in [6, 6.07) is 7.87. The van der Waals surface area contributed by atoms with Crippen LogP contribution < -0.4 is 5.32 Å². The molecule has 0 radical (unpaired) electrons. The summed E-state index contributed by atoms with van der Waals surface area (Å²) < 4.78 is 0. The van der Waals surface area contributed by atoms with Crippen LogP contribution in [0.25, 0.3) is 6.08 Å². The number of amides is 1. The van der Waals surface area contributed by atoms with Gasteiger partial charge in [0.15, 0.2) is 0 Å². The summed E-state index contributed by atoms with van der Waals surface area (Å²) in [5.74, 6) is -1.53. The minimum absolute atomic E-state index is 0.318. The zero-order valence-corrected chi connectivity index (χ0v) is 10.5. The van der Waals surface area contributed by atoms with Gasteiger partial charge in [-0.1, -0.05) is 19.1 Å². The first kappa shape index (κ1) is 14.5. The lowest BCUT2D eigenvalue weighted by molar-refractivity contribution is -0.141. The Hall–Kier alpha value is -2.61. The third-order valence-corrected chi connectivity index (χ3v) is 2.47. The van der Waals surface area contributed by atoms with Gasteiger partial charge < -0.3 is 10.4 Å². The van der Waals surface area contributed by atoms with Gasteiger partial charge in [0.2, 0.25) is 5.91 Å². The Balaban J connectivity index is 2.68. The third-order valence-electron chi connectivity index (χ3n) is 2.47. The molecule has 1 amide bonds. The fraction of sp³-hybridized carbons (Fsp3) is 0.214. The Labute approximate surface area is 111 Å². The standard InChI is InChI=1S/C14H14N2O3/c1-2-12(14(18)19)16-13(17)7-6-10-4-3-5-11(8-10)9-15/h3-8,12H,2H2,1H3,(H,16,17)(H,18,19)/b7-6+. The first-order chi connectivity index (χ1) is 9.06. The summed E-state index contributed by atoms with van der Waals surface area (Å²) >= 11 is 0. The van der Waals surface area contributed by atoms with Crippen LogP contribution in [0.4, 0.5) is 0 Å². The lowest BCUT2D eigenvalue weighted by atomic mass is 10.1. The van der Waals surface area contributed by atoms with Crippen molar-refractivity contribution in [3.8, 4) is 6.07 Å². The molecule has 5 heteroatoms. The molecule has 0 saturated heterocycles. The molecule has 0 saturated carbocycles. The van der Waals surface area contributed by atoms with E-state index < -0.39 is 17.9 Å². The highest BCUT2D eigenvalue weighted by atomic mass is 16.4. The van der Waals surface area contributed by atoms with Crippen LogP contribution in [0.1, 0.15) is 24.5 Å². The van der Waals surface area contributed by atoms with Crippen LogP contribution in [0.5, 0.6) is 0 Å². The molecule has 1 atom stereocenters. The summed E-state index contributed by atoms with van der Waals surface area (Å²) in [7, 11) is 0. The van der Waals surface area contributed by atoms with Crippen molar-refractivity contribution >= 4 is 18.0 Å². The van der Waals surface area contributed by atoms with Crippen molar-refractivity contribution in [2.24, 2.45) is 0 Å². The van der Waals surface area contributed by atoms with Crippen molar-refractivity contribution < 1.29 is 14.7 Å². The quantitative estimate of drug-likeness (QED) is 0.784. The van der Waals surface area contributed by atoms with Gasteiger partial charge >= 0.3 is 5.97 Å². The molecule has 1 rings (SSSR count). The number of rotatable bonds is 5. The molecular formula is C14H14N2O3. The summed E-state index contributed by atoms with van der Waals surface area (Å²) in [6.45, 7) is 1.68. The van der Waals surface area contributed by atoms with Gasteiger partial charge in [-0.05, 0) is 30.2 Å². The van der Waals surface area contributed by atoms with Crippen LogP contribution in [-0.2, 0) is 9.59 Å². The smallest absolute Gasteiger partial charge is 0.326 e. The second-order valence-corrected chi connectivity index (χ2v) is 3.88. The average molecular weight is 258 g/mol. The highest BCUT2D eigenvalue weighted by Crippen LogP contribution is 2.06. The Morgan fingerprint density at radius 3 is 2.84 bits per heavy atom. The molecule has 5 nitrogen and oxygen atoms in total. The Kier molecular flexibility index (Phi) is 5.30. The maximum atomic E-state index is 11.5. The van der Waals surface area contributed by atoms with Crippen LogP contribution in [0.15, 0.2) is 30.3 Å². The van der Waals surface area contributed by atoms with Crippen LogP contribution in [-0.4, -0.2) is 23.0 Å². The molecule has 1 unspecified atom stereocenters. The van der Waals surface area contributed by atoms with Gasteiger partial charge in [-0.15, -0.1) is 0 Å². The molecular weight excluding hydrogens is 244 g/mol. The molecule has 0 fully saturated rings. The number of hydrogen-bond acceptors (Lipinski definition) is 3. The largest absolute Gasteiger partial charge is 0.480 e. The lowest BCUT2D eigenvalue weighted by Crippen LogP contribution is -2.39. The zero-order chi connectivity index (χ0) is 14.3. The zero-order valence-electron chi connectivity index (χ0n) is 10.5. The van der Waals surface area contributed by atoms with Crippen LogP contribution >= 0.6 is 0 Å². The van der Waals surface area contributed by atoms with Crippen molar-refractivity contribution in [1.29, 1.82) is 5.26 Å². The topological polar surface area (TPSA) is 90.2 Å². The molecule has 1 aromatic carbocycles. The Bertz CT molecular complexity index is 544. The summed E-state index contributed by atoms with van der Waals surface area (Å²) in [5.41, 5.74) is 1.21. The van der Waals surface area contributed by atoms with Gasteiger partial charge in [-0.2, -0.15) is 5.26 Å². The number of aliphatic carboxylic acids is 1. The molecule has 98 valence electrons. The summed E-state index contributed by atoms with van der Waals surface area (Å²) in [4.78, 5) is 22.3. The monoisotopic (exact) mass is 258 g/mol. The van der Waals surface area contributed by atoms with E-state index >= 15 is 0 Å². The predicted molar refractivity (Wildman–Crippen MR) is 70.0 cm³/mol. The number of nitrogens with one attached hydrogen (secondary N) is 1. The van der Waals surface area contributed by atoms with Gasteiger partial charge in [-0.3, -0.25) is 4.79 Å². The van der Waals surface area contributed by atoms with E-state index in [1.54, 1.807) is 31.2 Å². The molecule has 19 heavy (non-hydrogen) atoms. The predicted octanol–water partition coefficient (Wildman–Crippen LogP) is 1.55. The van der Waals surface area contributed by atoms with Gasteiger partial charge in [-0.25, -0.2) is 4.79 Å². The number of carboxylic acid groups (broad SMARTS) is 1. The second kappa shape index (κ2) is 6.97. The maximum absolute atomic E-state index is 11.5. The molecule has 0 bridgehead atoms. The second-order valence-electron chi connectivity index (χ2n) is 3.88. The van der Waals surface area contributed by atoms with Crippen LogP contribution in [0, 0.1) is 11.3 Å². The number of carboxylic acids is 1. The number of nitrogens with zero attached hydrogens (tertiary/aromatic N) is 1. The Morgan fingerprint density at radius 1 is 1.53 bits per heavy atom. The highest BCUT2D eigenvalue weighted by Gasteiger charge is 2.15.